The Balaban J connectivity index is 2.48. The fraction of sp³-hybridized carbons (Fsp3) is 0. The summed E-state index contributed by atoms with van der Waals surface area (Å²) in [6.45, 7) is 0. The molecule has 0 atom stereocenters. The SMILES string of the molecule is O=S(=O)(O)c1cc(OS(=O)(=O)c2cc(O)ccc2O)ccc1O. The van der Waals surface area contributed by atoms with Crippen LogP contribution in [0, 0.1) is 0 Å². The lowest BCUT2D eigenvalue weighted by atomic mass is 10.3. The van der Waals surface area contributed by atoms with Gasteiger partial charge in [-0.1, -0.05) is 0 Å². The number of rotatable bonds is 4. The summed E-state index contributed by atoms with van der Waals surface area (Å²) < 4.78 is 59.8. The largest absolute Gasteiger partial charge is 0.508 e. The molecule has 0 aliphatic carbocycles. The Morgan fingerprint density at radius 2 is 1.35 bits per heavy atom. The third-order valence-electron chi connectivity index (χ3n) is 2.63. The van der Waals surface area contributed by atoms with Crippen LogP contribution in [0.15, 0.2) is 46.2 Å². The van der Waals surface area contributed by atoms with Gasteiger partial charge in [0.15, 0.2) is 4.90 Å². The Bertz CT molecular complexity index is 962. The maximum Gasteiger partial charge on any atom is 0.343 e. The van der Waals surface area contributed by atoms with Crippen LogP contribution in [-0.4, -0.2) is 36.7 Å². The van der Waals surface area contributed by atoms with Gasteiger partial charge in [0.05, 0.1) is 0 Å². The van der Waals surface area contributed by atoms with Gasteiger partial charge in [0.2, 0.25) is 0 Å². The highest BCUT2D eigenvalue weighted by atomic mass is 32.2. The quantitative estimate of drug-likeness (QED) is 0.351. The Morgan fingerprint density at radius 3 is 1.96 bits per heavy atom. The van der Waals surface area contributed by atoms with E-state index in [1.165, 1.54) is 0 Å². The second-order valence-corrected chi connectivity index (χ2v) is 7.20. The van der Waals surface area contributed by atoms with Crippen LogP contribution in [-0.2, 0) is 20.2 Å². The van der Waals surface area contributed by atoms with E-state index in [2.05, 4.69) is 4.18 Å². The molecule has 2 aromatic rings. The van der Waals surface area contributed by atoms with Crippen LogP contribution < -0.4 is 4.18 Å². The lowest BCUT2D eigenvalue weighted by Gasteiger charge is -2.10. The fourth-order valence-electron chi connectivity index (χ4n) is 1.63. The summed E-state index contributed by atoms with van der Waals surface area (Å²) in [7, 11) is -9.41. The van der Waals surface area contributed by atoms with Gasteiger partial charge in [-0.15, -0.1) is 0 Å². The topological polar surface area (TPSA) is 158 Å². The van der Waals surface area contributed by atoms with Crippen molar-refractivity contribution in [3.8, 4) is 23.0 Å². The summed E-state index contributed by atoms with van der Waals surface area (Å²) >= 11 is 0. The zero-order valence-corrected chi connectivity index (χ0v) is 12.7. The summed E-state index contributed by atoms with van der Waals surface area (Å²) in [5.41, 5.74) is 0. The number of phenolic OH excluding ortho intramolecular Hbond substituents is 3. The van der Waals surface area contributed by atoms with Crippen LogP contribution in [0.2, 0.25) is 0 Å². The highest BCUT2D eigenvalue weighted by Crippen LogP contribution is 2.32. The highest BCUT2D eigenvalue weighted by Gasteiger charge is 2.24. The van der Waals surface area contributed by atoms with E-state index in [-0.39, 0.29) is 0 Å². The molecule has 4 N–H and O–H groups in total. The maximum absolute atomic E-state index is 12.1. The Hall–Kier alpha value is -2.50. The molecule has 0 heterocycles. The molecule has 0 fully saturated rings. The number of aromatic hydroxyl groups is 3. The number of benzene rings is 2. The van der Waals surface area contributed by atoms with Crippen molar-refractivity contribution in [1.82, 2.24) is 0 Å². The molecule has 0 unspecified atom stereocenters. The van der Waals surface area contributed by atoms with E-state index in [0.717, 1.165) is 30.3 Å². The molecule has 0 saturated heterocycles. The summed E-state index contributed by atoms with van der Waals surface area (Å²) in [6.07, 6.45) is 0. The predicted octanol–water partition coefficient (Wildman–Crippen LogP) is 0.818. The molecule has 9 nitrogen and oxygen atoms in total. The minimum absolute atomic E-state index is 0.450. The molecule has 2 rings (SSSR count). The van der Waals surface area contributed by atoms with Crippen LogP contribution in [0.3, 0.4) is 0 Å². The molecule has 0 spiro atoms. The zero-order valence-electron chi connectivity index (χ0n) is 11.1. The standard InChI is InChI=1S/C12H10O9S2/c13-7-1-3-10(15)12(5-7)23(19,20)21-8-2-4-9(14)11(6-8)22(16,17)18/h1-6,13-15H,(H,16,17,18). The second kappa shape index (κ2) is 5.61. The molecule has 0 amide bonds. The molecular formula is C12H10O9S2. The summed E-state index contributed by atoms with van der Waals surface area (Å²) in [5.74, 6) is -2.50. The average molecular weight is 362 g/mol. The summed E-state index contributed by atoms with van der Waals surface area (Å²) in [6, 6.07) is 5.02. The molecular weight excluding hydrogens is 352 g/mol. The monoisotopic (exact) mass is 362 g/mol. The molecule has 0 aliphatic heterocycles. The summed E-state index contributed by atoms with van der Waals surface area (Å²) in [5, 5.41) is 28.2. The summed E-state index contributed by atoms with van der Waals surface area (Å²) in [4.78, 5) is -1.70. The molecule has 0 saturated carbocycles. The van der Waals surface area contributed by atoms with E-state index < -0.39 is 53.0 Å². The normalized spacial score (nSPS) is 12.0. The van der Waals surface area contributed by atoms with E-state index in [1.807, 2.05) is 0 Å². The molecule has 2 aromatic carbocycles. The van der Waals surface area contributed by atoms with Crippen molar-refractivity contribution in [2.24, 2.45) is 0 Å². The van der Waals surface area contributed by atoms with Crippen molar-refractivity contribution in [1.29, 1.82) is 0 Å². The maximum atomic E-state index is 12.1. The Morgan fingerprint density at radius 1 is 0.783 bits per heavy atom. The number of hydrogen-bond acceptors (Lipinski definition) is 8. The smallest absolute Gasteiger partial charge is 0.343 e. The Kier molecular flexibility index (Phi) is 4.11. The molecule has 11 heteroatoms. The highest BCUT2D eigenvalue weighted by molar-refractivity contribution is 7.87. The first kappa shape index (κ1) is 16.9. The average Bonchev–Trinajstić information content (AvgIpc) is 2.42. The van der Waals surface area contributed by atoms with Crippen molar-refractivity contribution < 1.29 is 40.9 Å². The van der Waals surface area contributed by atoms with Gasteiger partial charge in [-0.05, 0) is 24.3 Å². The van der Waals surface area contributed by atoms with Crippen LogP contribution in [0.25, 0.3) is 0 Å². The van der Waals surface area contributed by atoms with Gasteiger partial charge in [-0.3, -0.25) is 4.55 Å². The first-order chi connectivity index (χ1) is 10.5. The molecule has 0 aromatic heterocycles. The van der Waals surface area contributed by atoms with Crippen molar-refractivity contribution in [3.63, 3.8) is 0 Å². The van der Waals surface area contributed by atoms with Gasteiger partial charge in [0, 0.05) is 12.1 Å². The first-order valence-electron chi connectivity index (χ1n) is 5.78. The van der Waals surface area contributed by atoms with E-state index in [4.69, 9.17) is 4.55 Å². The van der Waals surface area contributed by atoms with Crippen LogP contribution >= 0.6 is 0 Å². The second-order valence-electron chi connectivity index (χ2n) is 4.29. The van der Waals surface area contributed by atoms with Gasteiger partial charge >= 0.3 is 10.1 Å². The molecule has 23 heavy (non-hydrogen) atoms. The first-order valence-corrected chi connectivity index (χ1v) is 8.62. The van der Waals surface area contributed by atoms with E-state index in [0.29, 0.717) is 6.07 Å². The van der Waals surface area contributed by atoms with E-state index in [9.17, 15) is 32.2 Å². The third-order valence-corrected chi connectivity index (χ3v) is 4.79. The minimum Gasteiger partial charge on any atom is -0.508 e. The van der Waals surface area contributed by atoms with Crippen LogP contribution in [0.1, 0.15) is 0 Å². The molecule has 0 radical (unpaired) electrons. The fourth-order valence-corrected chi connectivity index (χ4v) is 3.26. The van der Waals surface area contributed by atoms with Gasteiger partial charge < -0.3 is 19.5 Å². The lowest BCUT2D eigenvalue weighted by Crippen LogP contribution is -2.10. The van der Waals surface area contributed by atoms with Crippen molar-refractivity contribution >= 4 is 20.2 Å². The minimum atomic E-state index is -4.81. The van der Waals surface area contributed by atoms with E-state index >= 15 is 0 Å². The zero-order chi connectivity index (χ0) is 17.4. The van der Waals surface area contributed by atoms with Gasteiger partial charge in [-0.2, -0.15) is 16.8 Å². The van der Waals surface area contributed by atoms with Gasteiger partial charge in [0.25, 0.3) is 10.1 Å². The van der Waals surface area contributed by atoms with Gasteiger partial charge in [-0.25, -0.2) is 0 Å². The van der Waals surface area contributed by atoms with E-state index in [1.54, 1.807) is 0 Å². The molecule has 0 bridgehead atoms. The van der Waals surface area contributed by atoms with Crippen molar-refractivity contribution in [2.75, 3.05) is 0 Å². The van der Waals surface area contributed by atoms with Crippen LogP contribution in [0.5, 0.6) is 23.0 Å². The number of hydrogen-bond donors (Lipinski definition) is 4. The van der Waals surface area contributed by atoms with Crippen molar-refractivity contribution in [2.45, 2.75) is 9.79 Å². The predicted molar refractivity (Wildman–Crippen MR) is 75.5 cm³/mol. The van der Waals surface area contributed by atoms with Crippen molar-refractivity contribution in [3.05, 3.63) is 36.4 Å². The third kappa shape index (κ3) is 3.64. The number of phenols is 3. The molecule has 0 aliphatic rings. The van der Waals surface area contributed by atoms with Crippen LogP contribution in [0.4, 0.5) is 0 Å². The molecule has 124 valence electrons. The Labute approximate surface area is 130 Å². The van der Waals surface area contributed by atoms with Gasteiger partial charge in [0.1, 0.15) is 27.9 Å². The lowest BCUT2D eigenvalue weighted by molar-refractivity contribution is 0.429.